The van der Waals surface area contributed by atoms with Crippen molar-refractivity contribution in [2.75, 3.05) is 26.3 Å². The second-order valence-corrected chi connectivity index (χ2v) is 8.67. The molecule has 0 spiro atoms. The number of hydrogen-bond acceptors (Lipinski definition) is 3. The first-order valence-corrected chi connectivity index (χ1v) is 10.6. The summed E-state index contributed by atoms with van der Waals surface area (Å²) in [6.07, 6.45) is 0. The summed E-state index contributed by atoms with van der Waals surface area (Å²) in [5, 5.41) is 0.511. The standard InChI is InChI=1S/C19H23ClN2O3S/c1-15(21-26(23,24)18-9-7-17(20)8-10-18)19(16-5-3-2-4-6-16)22-11-13-25-14-12-22/h2-10,15,19,21H,11-14H2,1H3/p+1/t15-,19+/m0/s1. The molecule has 5 nitrogen and oxygen atoms in total. The number of quaternary nitrogens is 1. The Bertz CT molecular complexity index is 806. The summed E-state index contributed by atoms with van der Waals surface area (Å²) in [6, 6.07) is 16.0. The molecule has 1 aliphatic heterocycles. The number of halogens is 1. The zero-order valence-corrected chi connectivity index (χ0v) is 16.3. The Labute approximate surface area is 160 Å². The summed E-state index contributed by atoms with van der Waals surface area (Å²) in [7, 11) is -3.62. The van der Waals surface area contributed by atoms with Gasteiger partial charge in [0.1, 0.15) is 19.1 Å². The molecule has 3 rings (SSSR count). The monoisotopic (exact) mass is 395 g/mol. The third-order valence-electron chi connectivity index (χ3n) is 4.70. The average molecular weight is 396 g/mol. The maximum atomic E-state index is 12.8. The lowest BCUT2D eigenvalue weighted by Crippen LogP contribution is -3.15. The van der Waals surface area contributed by atoms with E-state index in [-0.39, 0.29) is 17.0 Å². The quantitative estimate of drug-likeness (QED) is 0.782. The second-order valence-electron chi connectivity index (χ2n) is 6.52. The van der Waals surface area contributed by atoms with Crippen LogP contribution in [0.2, 0.25) is 5.02 Å². The van der Waals surface area contributed by atoms with Gasteiger partial charge in [-0.15, -0.1) is 0 Å². The Morgan fingerprint density at radius 3 is 2.27 bits per heavy atom. The first-order chi connectivity index (χ1) is 12.5. The Hall–Kier alpha value is -1.44. The minimum Gasteiger partial charge on any atom is -0.370 e. The van der Waals surface area contributed by atoms with Gasteiger partial charge in [0.15, 0.2) is 0 Å². The number of nitrogens with one attached hydrogen (secondary N) is 2. The van der Waals surface area contributed by atoms with Crippen LogP contribution in [0, 0.1) is 0 Å². The predicted molar refractivity (Wildman–Crippen MR) is 102 cm³/mol. The highest BCUT2D eigenvalue weighted by atomic mass is 35.5. The van der Waals surface area contributed by atoms with E-state index in [1.807, 2.05) is 25.1 Å². The molecule has 0 amide bonds. The van der Waals surface area contributed by atoms with Crippen molar-refractivity contribution in [1.82, 2.24) is 4.72 Å². The summed E-state index contributed by atoms with van der Waals surface area (Å²) >= 11 is 5.87. The van der Waals surface area contributed by atoms with E-state index in [9.17, 15) is 8.42 Å². The van der Waals surface area contributed by atoms with Gasteiger partial charge < -0.3 is 9.64 Å². The van der Waals surface area contributed by atoms with Gasteiger partial charge in [0, 0.05) is 10.6 Å². The maximum Gasteiger partial charge on any atom is 0.241 e. The molecule has 2 aromatic rings. The van der Waals surface area contributed by atoms with Gasteiger partial charge in [-0.25, -0.2) is 13.1 Å². The van der Waals surface area contributed by atoms with Crippen LogP contribution in [0.25, 0.3) is 0 Å². The van der Waals surface area contributed by atoms with E-state index >= 15 is 0 Å². The minimum atomic E-state index is -3.62. The molecule has 0 bridgehead atoms. The molecule has 1 fully saturated rings. The van der Waals surface area contributed by atoms with E-state index in [0.29, 0.717) is 18.2 Å². The lowest BCUT2D eigenvalue weighted by molar-refractivity contribution is -0.940. The second kappa shape index (κ2) is 8.50. The molecular formula is C19H24ClN2O3S+. The number of morpholine rings is 1. The minimum absolute atomic E-state index is 0.0159. The molecule has 1 heterocycles. The van der Waals surface area contributed by atoms with Crippen LogP contribution in [-0.4, -0.2) is 40.8 Å². The number of benzene rings is 2. The number of rotatable bonds is 6. The van der Waals surface area contributed by atoms with Crippen LogP contribution in [0.5, 0.6) is 0 Å². The smallest absolute Gasteiger partial charge is 0.241 e. The van der Waals surface area contributed by atoms with Gasteiger partial charge in [0.05, 0.1) is 24.2 Å². The first-order valence-electron chi connectivity index (χ1n) is 8.72. The van der Waals surface area contributed by atoms with Gasteiger partial charge in [-0.1, -0.05) is 41.9 Å². The predicted octanol–water partition coefficient (Wildman–Crippen LogP) is 1.66. The van der Waals surface area contributed by atoms with Crippen LogP contribution in [0.1, 0.15) is 18.5 Å². The lowest BCUT2D eigenvalue weighted by atomic mass is 9.99. The Kier molecular flexibility index (Phi) is 6.32. The summed E-state index contributed by atoms with van der Waals surface area (Å²) < 4.78 is 33.9. The lowest BCUT2D eigenvalue weighted by Gasteiger charge is -2.35. The first kappa shape index (κ1) is 19.3. The van der Waals surface area contributed by atoms with Crippen molar-refractivity contribution in [2.45, 2.75) is 23.9 Å². The molecule has 2 N–H and O–H groups in total. The van der Waals surface area contributed by atoms with E-state index < -0.39 is 10.0 Å². The van der Waals surface area contributed by atoms with Gasteiger partial charge >= 0.3 is 0 Å². The highest BCUT2D eigenvalue weighted by molar-refractivity contribution is 7.89. The van der Waals surface area contributed by atoms with Gasteiger partial charge in [-0.3, -0.25) is 0 Å². The van der Waals surface area contributed by atoms with Crippen molar-refractivity contribution in [3.63, 3.8) is 0 Å². The van der Waals surface area contributed by atoms with Crippen LogP contribution in [0.15, 0.2) is 59.5 Å². The van der Waals surface area contributed by atoms with Crippen molar-refractivity contribution >= 4 is 21.6 Å². The van der Waals surface area contributed by atoms with Gasteiger partial charge in [-0.05, 0) is 31.2 Å². The largest absolute Gasteiger partial charge is 0.370 e. The molecule has 0 aromatic heterocycles. The van der Waals surface area contributed by atoms with E-state index in [0.717, 1.165) is 18.7 Å². The molecule has 26 heavy (non-hydrogen) atoms. The highest BCUT2D eigenvalue weighted by Crippen LogP contribution is 2.18. The topological polar surface area (TPSA) is 59.8 Å². The fraction of sp³-hybridized carbons (Fsp3) is 0.368. The third-order valence-corrected chi connectivity index (χ3v) is 6.53. The molecule has 1 saturated heterocycles. The van der Waals surface area contributed by atoms with E-state index in [2.05, 4.69) is 16.9 Å². The summed E-state index contributed by atoms with van der Waals surface area (Å²) in [4.78, 5) is 1.55. The van der Waals surface area contributed by atoms with E-state index in [1.165, 1.54) is 17.0 Å². The zero-order chi connectivity index (χ0) is 18.6. The maximum absolute atomic E-state index is 12.8. The SMILES string of the molecule is C[C@H](NS(=O)(=O)c1ccc(Cl)cc1)[C@H](c1ccccc1)[NH+]1CCOCC1. The zero-order valence-electron chi connectivity index (χ0n) is 14.7. The Morgan fingerprint density at radius 2 is 1.65 bits per heavy atom. The van der Waals surface area contributed by atoms with Gasteiger partial charge in [0.2, 0.25) is 10.0 Å². The van der Waals surface area contributed by atoms with Crippen molar-refractivity contribution in [3.05, 3.63) is 65.2 Å². The summed E-state index contributed by atoms with van der Waals surface area (Å²) in [5.41, 5.74) is 1.12. The molecule has 0 aliphatic carbocycles. The molecule has 0 saturated carbocycles. The van der Waals surface area contributed by atoms with E-state index in [1.54, 1.807) is 12.1 Å². The Morgan fingerprint density at radius 1 is 1.04 bits per heavy atom. The van der Waals surface area contributed by atoms with Crippen molar-refractivity contribution < 1.29 is 18.1 Å². The molecule has 1 aliphatic rings. The van der Waals surface area contributed by atoms with Crippen LogP contribution in [0.4, 0.5) is 0 Å². The van der Waals surface area contributed by atoms with Crippen LogP contribution in [0.3, 0.4) is 0 Å². The average Bonchev–Trinajstić information content (AvgIpc) is 2.63. The van der Waals surface area contributed by atoms with Gasteiger partial charge in [0.25, 0.3) is 0 Å². The van der Waals surface area contributed by atoms with Crippen LogP contribution >= 0.6 is 11.6 Å². The van der Waals surface area contributed by atoms with Crippen molar-refractivity contribution in [2.24, 2.45) is 0 Å². The van der Waals surface area contributed by atoms with Crippen LogP contribution < -0.4 is 9.62 Å². The molecule has 7 heteroatoms. The fourth-order valence-electron chi connectivity index (χ4n) is 3.48. The summed E-state index contributed by atoms with van der Waals surface area (Å²) in [5.74, 6) is 0. The molecule has 0 unspecified atom stereocenters. The van der Waals surface area contributed by atoms with Crippen molar-refractivity contribution in [1.29, 1.82) is 0 Å². The summed E-state index contributed by atoms with van der Waals surface area (Å²) in [6.45, 7) is 5.01. The molecular weight excluding hydrogens is 372 g/mol. The Balaban J connectivity index is 1.85. The molecule has 2 atom stereocenters. The molecule has 2 aromatic carbocycles. The van der Waals surface area contributed by atoms with Gasteiger partial charge in [-0.2, -0.15) is 0 Å². The van der Waals surface area contributed by atoms with Crippen molar-refractivity contribution in [3.8, 4) is 0 Å². The number of sulfonamides is 1. The molecule has 140 valence electrons. The van der Waals surface area contributed by atoms with E-state index in [4.69, 9.17) is 16.3 Å². The highest BCUT2D eigenvalue weighted by Gasteiger charge is 2.33. The molecule has 0 radical (unpaired) electrons. The normalized spacial score (nSPS) is 18.4. The van der Waals surface area contributed by atoms with Crippen LogP contribution in [-0.2, 0) is 14.8 Å². The fourth-order valence-corrected chi connectivity index (χ4v) is 4.86. The number of ether oxygens (including phenoxy) is 1. The number of hydrogen-bond donors (Lipinski definition) is 2. The third kappa shape index (κ3) is 4.64.